The summed E-state index contributed by atoms with van der Waals surface area (Å²) < 4.78 is 3.24. The molecule has 0 bridgehead atoms. The minimum Gasteiger partial charge on any atom is -0.318 e. The van der Waals surface area contributed by atoms with Crippen LogP contribution in [0, 0.1) is 24.3 Å². The summed E-state index contributed by atoms with van der Waals surface area (Å²) >= 11 is 8.31. The standard InChI is InChI=1S/C24H19ClIN3O3/c1-13-9-19(7-8-21(13)26)28-14(2)10-16(15(28)3)11-20-22(30)27-24(32)29(23(20)31)18-6-4-5-17(25)12-18/h4-12H,1-3H3,(H,27,30,32)/b20-11+. The normalized spacial score (nSPS) is 15.5. The van der Waals surface area contributed by atoms with Gasteiger partial charge in [-0.25, -0.2) is 9.69 Å². The number of halogens is 2. The molecule has 1 aromatic heterocycles. The highest BCUT2D eigenvalue weighted by molar-refractivity contribution is 14.1. The lowest BCUT2D eigenvalue weighted by molar-refractivity contribution is -0.122. The van der Waals surface area contributed by atoms with Crippen LogP contribution in [0.15, 0.2) is 54.1 Å². The Morgan fingerprint density at radius 2 is 1.72 bits per heavy atom. The van der Waals surface area contributed by atoms with Gasteiger partial charge >= 0.3 is 6.03 Å². The number of carbonyl (C=O) groups is 3. The molecule has 3 aromatic rings. The molecule has 0 unspecified atom stereocenters. The zero-order valence-electron chi connectivity index (χ0n) is 17.6. The average molecular weight is 560 g/mol. The monoisotopic (exact) mass is 559 g/mol. The first kappa shape index (κ1) is 22.3. The minimum atomic E-state index is -0.806. The fourth-order valence-electron chi connectivity index (χ4n) is 3.76. The highest BCUT2D eigenvalue weighted by Gasteiger charge is 2.37. The third-order valence-corrected chi connectivity index (χ3v) is 6.78. The van der Waals surface area contributed by atoms with Crippen molar-refractivity contribution in [1.82, 2.24) is 9.88 Å². The predicted octanol–water partition coefficient (Wildman–Crippen LogP) is 5.33. The number of barbiturate groups is 1. The first-order valence-electron chi connectivity index (χ1n) is 9.80. The highest BCUT2D eigenvalue weighted by Crippen LogP contribution is 2.28. The molecule has 1 fully saturated rings. The zero-order chi connectivity index (χ0) is 23.2. The lowest BCUT2D eigenvalue weighted by Crippen LogP contribution is -2.54. The molecule has 1 N–H and O–H groups in total. The van der Waals surface area contributed by atoms with Gasteiger partial charge in [-0.2, -0.15) is 0 Å². The Balaban J connectivity index is 1.77. The number of benzene rings is 2. The van der Waals surface area contributed by atoms with Crippen LogP contribution in [0.3, 0.4) is 0 Å². The van der Waals surface area contributed by atoms with Crippen LogP contribution in [0.1, 0.15) is 22.5 Å². The molecule has 1 aliphatic heterocycles. The topological polar surface area (TPSA) is 71.4 Å². The van der Waals surface area contributed by atoms with Crippen molar-refractivity contribution in [1.29, 1.82) is 0 Å². The fourth-order valence-corrected chi connectivity index (χ4v) is 4.28. The predicted molar refractivity (Wildman–Crippen MR) is 133 cm³/mol. The molecule has 8 heteroatoms. The molecular weight excluding hydrogens is 541 g/mol. The molecule has 0 saturated carbocycles. The van der Waals surface area contributed by atoms with E-state index in [-0.39, 0.29) is 5.57 Å². The minimum absolute atomic E-state index is 0.122. The molecule has 0 radical (unpaired) electrons. The van der Waals surface area contributed by atoms with E-state index in [1.165, 1.54) is 15.7 Å². The van der Waals surface area contributed by atoms with Gasteiger partial charge in [-0.3, -0.25) is 14.9 Å². The average Bonchev–Trinajstić information content (AvgIpc) is 3.00. The zero-order valence-corrected chi connectivity index (χ0v) is 20.5. The second kappa shape index (κ2) is 8.55. The Labute approximate surface area is 204 Å². The van der Waals surface area contributed by atoms with Crippen LogP contribution in [0.25, 0.3) is 11.8 Å². The number of hydrogen-bond donors (Lipinski definition) is 1. The van der Waals surface area contributed by atoms with Gasteiger partial charge in [0.2, 0.25) is 0 Å². The Bertz CT molecular complexity index is 1330. The van der Waals surface area contributed by atoms with Crippen molar-refractivity contribution in [3.63, 3.8) is 0 Å². The van der Waals surface area contributed by atoms with Gasteiger partial charge in [-0.1, -0.05) is 17.7 Å². The quantitative estimate of drug-likeness (QED) is 0.268. The van der Waals surface area contributed by atoms with E-state index in [1.54, 1.807) is 18.2 Å². The maximum Gasteiger partial charge on any atom is 0.335 e. The van der Waals surface area contributed by atoms with Crippen LogP contribution in [0.5, 0.6) is 0 Å². The molecule has 4 rings (SSSR count). The third-order valence-electron chi connectivity index (χ3n) is 5.34. The molecule has 1 saturated heterocycles. The van der Waals surface area contributed by atoms with E-state index >= 15 is 0 Å². The Morgan fingerprint density at radius 3 is 2.41 bits per heavy atom. The summed E-state index contributed by atoms with van der Waals surface area (Å²) in [6.45, 7) is 5.94. The van der Waals surface area contributed by atoms with Crippen LogP contribution < -0.4 is 10.2 Å². The largest absolute Gasteiger partial charge is 0.335 e. The maximum absolute atomic E-state index is 13.1. The van der Waals surface area contributed by atoms with Crippen molar-refractivity contribution in [3.8, 4) is 5.69 Å². The van der Waals surface area contributed by atoms with Gasteiger partial charge in [0.1, 0.15) is 5.57 Å². The Kier molecular flexibility index (Phi) is 5.96. The molecule has 32 heavy (non-hydrogen) atoms. The fraction of sp³-hybridized carbons (Fsp3) is 0.125. The van der Waals surface area contributed by atoms with Gasteiger partial charge < -0.3 is 4.57 Å². The van der Waals surface area contributed by atoms with E-state index in [9.17, 15) is 14.4 Å². The number of imide groups is 2. The first-order chi connectivity index (χ1) is 15.2. The number of anilines is 1. The Hall–Kier alpha value is -2.91. The summed E-state index contributed by atoms with van der Waals surface area (Å²) in [7, 11) is 0. The molecule has 0 aliphatic carbocycles. The molecule has 4 amide bonds. The number of carbonyl (C=O) groups excluding carboxylic acids is 3. The number of urea groups is 1. The van der Waals surface area contributed by atoms with E-state index in [1.807, 2.05) is 26.0 Å². The van der Waals surface area contributed by atoms with Gasteiger partial charge in [0.25, 0.3) is 11.8 Å². The van der Waals surface area contributed by atoms with Gasteiger partial charge in [-0.05, 0) is 103 Å². The Morgan fingerprint density at radius 1 is 0.969 bits per heavy atom. The third kappa shape index (κ3) is 3.98. The first-order valence-corrected chi connectivity index (χ1v) is 11.3. The van der Waals surface area contributed by atoms with Crippen molar-refractivity contribution < 1.29 is 14.4 Å². The highest BCUT2D eigenvalue weighted by atomic mass is 127. The lowest BCUT2D eigenvalue weighted by atomic mass is 10.1. The van der Waals surface area contributed by atoms with Crippen molar-refractivity contribution in [2.45, 2.75) is 20.8 Å². The SMILES string of the molecule is Cc1cc(-n2c(C)cc(/C=C3\C(=O)NC(=O)N(c4cccc(Cl)c4)C3=O)c2C)ccc1I. The van der Waals surface area contributed by atoms with Crippen molar-refractivity contribution >= 4 is 63.8 Å². The summed E-state index contributed by atoms with van der Waals surface area (Å²) in [6.07, 6.45) is 1.53. The molecular formula is C24H19ClIN3O3. The smallest absolute Gasteiger partial charge is 0.318 e. The van der Waals surface area contributed by atoms with Crippen LogP contribution >= 0.6 is 34.2 Å². The number of aryl methyl sites for hydroxylation is 2. The van der Waals surface area contributed by atoms with E-state index in [4.69, 9.17) is 11.6 Å². The molecule has 2 aromatic carbocycles. The van der Waals surface area contributed by atoms with Gasteiger partial charge in [-0.15, -0.1) is 0 Å². The molecule has 6 nitrogen and oxygen atoms in total. The second-order valence-electron chi connectivity index (χ2n) is 7.53. The number of hydrogen-bond acceptors (Lipinski definition) is 3. The van der Waals surface area contributed by atoms with Gasteiger partial charge in [0.05, 0.1) is 5.69 Å². The van der Waals surface area contributed by atoms with E-state index in [0.29, 0.717) is 10.7 Å². The number of nitrogens with one attached hydrogen (secondary N) is 1. The van der Waals surface area contributed by atoms with Gasteiger partial charge in [0.15, 0.2) is 0 Å². The summed E-state index contributed by atoms with van der Waals surface area (Å²) in [5.41, 5.74) is 4.88. The number of nitrogens with zero attached hydrogens (tertiary/aromatic N) is 2. The maximum atomic E-state index is 13.1. The molecule has 162 valence electrons. The van der Waals surface area contributed by atoms with Crippen molar-refractivity contribution in [2.75, 3.05) is 4.90 Å². The van der Waals surface area contributed by atoms with Crippen LogP contribution in [-0.2, 0) is 9.59 Å². The molecule has 2 heterocycles. The number of aromatic nitrogens is 1. The van der Waals surface area contributed by atoms with Crippen LogP contribution in [0.2, 0.25) is 5.02 Å². The molecule has 0 spiro atoms. The van der Waals surface area contributed by atoms with E-state index in [2.05, 4.69) is 51.5 Å². The van der Waals surface area contributed by atoms with Crippen LogP contribution in [0.4, 0.5) is 10.5 Å². The lowest BCUT2D eigenvalue weighted by Gasteiger charge is -2.26. The van der Waals surface area contributed by atoms with Crippen molar-refractivity contribution in [3.05, 3.63) is 85.2 Å². The second-order valence-corrected chi connectivity index (χ2v) is 9.13. The summed E-state index contributed by atoms with van der Waals surface area (Å²) in [5, 5.41) is 2.62. The summed E-state index contributed by atoms with van der Waals surface area (Å²) in [5.74, 6) is -1.43. The molecule has 0 atom stereocenters. The van der Waals surface area contributed by atoms with Crippen LogP contribution in [-0.4, -0.2) is 22.4 Å². The van der Waals surface area contributed by atoms with E-state index in [0.717, 1.165) is 33.1 Å². The summed E-state index contributed by atoms with van der Waals surface area (Å²) in [6, 6.07) is 13.6. The van der Waals surface area contributed by atoms with E-state index < -0.39 is 17.8 Å². The van der Waals surface area contributed by atoms with Crippen molar-refractivity contribution in [2.24, 2.45) is 0 Å². The molecule has 1 aliphatic rings. The summed E-state index contributed by atoms with van der Waals surface area (Å²) in [4.78, 5) is 39.0. The number of rotatable bonds is 3. The van der Waals surface area contributed by atoms with Gasteiger partial charge in [0, 0.05) is 25.7 Å². The number of amides is 4.